The van der Waals surface area contributed by atoms with E-state index < -0.39 is 0 Å². The van der Waals surface area contributed by atoms with Gasteiger partial charge in [0.25, 0.3) is 0 Å². The molecule has 2 saturated carbocycles. The normalized spacial score (nSPS) is 42.2. The monoisotopic (exact) mass is 168 g/mol. The fraction of sp³-hybridized carbons (Fsp3) is 1.00. The van der Waals surface area contributed by atoms with Crippen molar-refractivity contribution < 1.29 is 5.11 Å². The van der Waals surface area contributed by atoms with E-state index in [4.69, 9.17) is 5.11 Å². The summed E-state index contributed by atoms with van der Waals surface area (Å²) < 4.78 is 0. The Morgan fingerprint density at radius 3 is 2.42 bits per heavy atom. The Morgan fingerprint density at radius 1 is 0.917 bits per heavy atom. The lowest BCUT2D eigenvalue weighted by molar-refractivity contribution is 0.0925. The fourth-order valence-corrected chi connectivity index (χ4v) is 3.14. The van der Waals surface area contributed by atoms with E-state index in [1.807, 2.05) is 0 Å². The standard InChI is InChI=1S/C11H20O/c12-8-9-5-6-10-3-1-2-4-11(10)7-9/h9-12H,1-8H2. The number of hydrogen-bond acceptors (Lipinski definition) is 1. The van der Waals surface area contributed by atoms with Crippen LogP contribution in [0.25, 0.3) is 0 Å². The van der Waals surface area contributed by atoms with Crippen LogP contribution in [-0.2, 0) is 0 Å². The summed E-state index contributed by atoms with van der Waals surface area (Å²) in [6, 6.07) is 0. The molecule has 0 saturated heterocycles. The van der Waals surface area contributed by atoms with Crippen LogP contribution in [0.15, 0.2) is 0 Å². The zero-order valence-electron chi connectivity index (χ0n) is 7.84. The van der Waals surface area contributed by atoms with Gasteiger partial charge in [0.05, 0.1) is 0 Å². The van der Waals surface area contributed by atoms with Gasteiger partial charge in [-0.2, -0.15) is 0 Å². The minimum absolute atomic E-state index is 0.434. The number of aliphatic hydroxyl groups excluding tert-OH is 1. The minimum atomic E-state index is 0.434. The first-order valence-corrected chi connectivity index (χ1v) is 5.51. The van der Waals surface area contributed by atoms with Crippen LogP contribution >= 0.6 is 0 Å². The van der Waals surface area contributed by atoms with Crippen molar-refractivity contribution in [2.24, 2.45) is 17.8 Å². The number of aliphatic hydroxyl groups is 1. The van der Waals surface area contributed by atoms with E-state index in [1.54, 1.807) is 0 Å². The van der Waals surface area contributed by atoms with Crippen LogP contribution in [0.4, 0.5) is 0 Å². The summed E-state index contributed by atoms with van der Waals surface area (Å²) in [5.41, 5.74) is 0. The molecule has 1 nitrogen and oxygen atoms in total. The van der Waals surface area contributed by atoms with Gasteiger partial charge in [-0.05, 0) is 37.0 Å². The molecule has 0 spiro atoms. The zero-order chi connectivity index (χ0) is 8.39. The van der Waals surface area contributed by atoms with Gasteiger partial charge < -0.3 is 5.11 Å². The van der Waals surface area contributed by atoms with Crippen LogP contribution < -0.4 is 0 Å². The van der Waals surface area contributed by atoms with Crippen molar-refractivity contribution in [1.82, 2.24) is 0 Å². The summed E-state index contributed by atoms with van der Waals surface area (Å²) >= 11 is 0. The molecule has 1 N–H and O–H groups in total. The van der Waals surface area contributed by atoms with Crippen LogP contribution in [0.5, 0.6) is 0 Å². The predicted octanol–water partition coefficient (Wildman–Crippen LogP) is 2.59. The van der Waals surface area contributed by atoms with E-state index in [9.17, 15) is 0 Å². The quantitative estimate of drug-likeness (QED) is 0.638. The van der Waals surface area contributed by atoms with Crippen LogP contribution in [-0.4, -0.2) is 11.7 Å². The molecule has 12 heavy (non-hydrogen) atoms. The van der Waals surface area contributed by atoms with Crippen LogP contribution in [0.1, 0.15) is 44.9 Å². The Kier molecular flexibility index (Phi) is 2.69. The molecule has 3 atom stereocenters. The van der Waals surface area contributed by atoms with E-state index in [-0.39, 0.29) is 0 Å². The van der Waals surface area contributed by atoms with E-state index in [0.29, 0.717) is 12.5 Å². The Labute approximate surface area is 75.2 Å². The molecule has 0 aromatic rings. The van der Waals surface area contributed by atoms with Crippen molar-refractivity contribution in [2.45, 2.75) is 44.9 Å². The molecule has 0 aliphatic heterocycles. The second-order valence-electron chi connectivity index (χ2n) is 4.67. The predicted molar refractivity (Wildman–Crippen MR) is 49.9 cm³/mol. The molecule has 2 aliphatic carbocycles. The number of fused-ring (bicyclic) bond motifs is 1. The second kappa shape index (κ2) is 3.78. The van der Waals surface area contributed by atoms with Gasteiger partial charge in [-0.1, -0.05) is 25.7 Å². The highest BCUT2D eigenvalue weighted by molar-refractivity contribution is 4.82. The highest BCUT2D eigenvalue weighted by atomic mass is 16.3. The smallest absolute Gasteiger partial charge is 0.0459 e. The maximum absolute atomic E-state index is 9.08. The Morgan fingerprint density at radius 2 is 1.67 bits per heavy atom. The van der Waals surface area contributed by atoms with E-state index in [0.717, 1.165) is 11.8 Å². The van der Waals surface area contributed by atoms with Crippen molar-refractivity contribution >= 4 is 0 Å². The minimum Gasteiger partial charge on any atom is -0.396 e. The SMILES string of the molecule is OCC1CCC2CCCCC2C1. The molecule has 3 unspecified atom stereocenters. The molecule has 2 aliphatic rings. The zero-order valence-corrected chi connectivity index (χ0v) is 7.84. The van der Waals surface area contributed by atoms with Gasteiger partial charge in [-0.3, -0.25) is 0 Å². The van der Waals surface area contributed by atoms with Gasteiger partial charge in [0.2, 0.25) is 0 Å². The molecular formula is C11H20O. The average molecular weight is 168 g/mol. The van der Waals surface area contributed by atoms with Crippen LogP contribution in [0.2, 0.25) is 0 Å². The molecule has 0 amide bonds. The third-order valence-electron chi connectivity index (χ3n) is 3.91. The molecular weight excluding hydrogens is 148 g/mol. The third kappa shape index (κ3) is 1.66. The molecule has 0 aromatic carbocycles. The summed E-state index contributed by atoms with van der Waals surface area (Å²) in [7, 11) is 0. The largest absolute Gasteiger partial charge is 0.396 e. The number of hydrogen-bond donors (Lipinski definition) is 1. The van der Waals surface area contributed by atoms with Gasteiger partial charge in [0.1, 0.15) is 0 Å². The van der Waals surface area contributed by atoms with Gasteiger partial charge in [0.15, 0.2) is 0 Å². The Hall–Kier alpha value is -0.0400. The third-order valence-corrected chi connectivity index (χ3v) is 3.91. The van der Waals surface area contributed by atoms with Crippen molar-refractivity contribution in [3.05, 3.63) is 0 Å². The molecule has 0 bridgehead atoms. The summed E-state index contributed by atoms with van der Waals surface area (Å²) in [6.45, 7) is 0.434. The molecule has 70 valence electrons. The topological polar surface area (TPSA) is 20.2 Å². The van der Waals surface area contributed by atoms with E-state index in [1.165, 1.54) is 44.9 Å². The molecule has 0 heterocycles. The molecule has 0 radical (unpaired) electrons. The number of rotatable bonds is 1. The van der Waals surface area contributed by atoms with E-state index >= 15 is 0 Å². The lowest BCUT2D eigenvalue weighted by Crippen LogP contribution is -2.28. The summed E-state index contributed by atoms with van der Waals surface area (Å²) in [6.07, 6.45) is 9.84. The van der Waals surface area contributed by atoms with Gasteiger partial charge >= 0.3 is 0 Å². The lowest BCUT2D eigenvalue weighted by Gasteiger charge is -2.38. The first-order chi connectivity index (χ1) is 5.90. The van der Waals surface area contributed by atoms with Crippen molar-refractivity contribution in [1.29, 1.82) is 0 Å². The van der Waals surface area contributed by atoms with E-state index in [2.05, 4.69) is 0 Å². The summed E-state index contributed by atoms with van der Waals surface area (Å²) in [5, 5.41) is 9.08. The Bertz CT molecular complexity index is 144. The van der Waals surface area contributed by atoms with Crippen molar-refractivity contribution in [2.75, 3.05) is 6.61 Å². The summed E-state index contributed by atoms with van der Waals surface area (Å²) in [4.78, 5) is 0. The average Bonchev–Trinajstić information content (AvgIpc) is 2.17. The highest BCUT2D eigenvalue weighted by Gasteiger charge is 2.31. The molecule has 2 fully saturated rings. The second-order valence-corrected chi connectivity index (χ2v) is 4.67. The van der Waals surface area contributed by atoms with Crippen molar-refractivity contribution in [3.8, 4) is 0 Å². The fourth-order valence-electron chi connectivity index (χ4n) is 3.14. The maximum Gasteiger partial charge on any atom is 0.0459 e. The lowest BCUT2D eigenvalue weighted by atomic mass is 9.68. The maximum atomic E-state index is 9.08. The molecule has 2 rings (SSSR count). The summed E-state index contributed by atoms with van der Waals surface area (Å²) in [5.74, 6) is 2.65. The first-order valence-electron chi connectivity index (χ1n) is 5.51. The van der Waals surface area contributed by atoms with Gasteiger partial charge in [-0.25, -0.2) is 0 Å². The Balaban J connectivity index is 1.90. The van der Waals surface area contributed by atoms with Crippen LogP contribution in [0, 0.1) is 17.8 Å². The van der Waals surface area contributed by atoms with Gasteiger partial charge in [0, 0.05) is 6.61 Å². The van der Waals surface area contributed by atoms with Crippen LogP contribution in [0.3, 0.4) is 0 Å². The highest BCUT2D eigenvalue weighted by Crippen LogP contribution is 2.42. The molecule has 1 heteroatoms. The molecule has 0 aromatic heterocycles. The van der Waals surface area contributed by atoms with Crippen molar-refractivity contribution in [3.63, 3.8) is 0 Å². The van der Waals surface area contributed by atoms with Gasteiger partial charge in [-0.15, -0.1) is 0 Å². The first kappa shape index (κ1) is 8.55.